The molecule has 1 aliphatic heterocycles. The zero-order chi connectivity index (χ0) is 29.6. The van der Waals surface area contributed by atoms with Gasteiger partial charge in [0.05, 0.1) is 5.41 Å². The van der Waals surface area contributed by atoms with E-state index in [4.69, 9.17) is 9.98 Å². The highest BCUT2D eigenvalue weighted by Gasteiger charge is 2.59. The van der Waals surface area contributed by atoms with Crippen LogP contribution in [0, 0.1) is 11.3 Å². The molecule has 3 heterocycles. The van der Waals surface area contributed by atoms with Gasteiger partial charge >= 0.3 is 5.97 Å². The summed E-state index contributed by atoms with van der Waals surface area (Å²) in [6, 6.07) is 21.2. The molecule has 3 fully saturated rings. The van der Waals surface area contributed by atoms with Crippen LogP contribution >= 0.6 is 15.9 Å². The summed E-state index contributed by atoms with van der Waals surface area (Å²) in [6.45, 7) is 2.40. The molecular formula is C34H34BrN5O3. The number of fused-ring (bicyclic) bond motifs is 1. The van der Waals surface area contributed by atoms with Gasteiger partial charge in [-0.3, -0.25) is 19.3 Å². The number of nitrogens with zero attached hydrogens (tertiary/aromatic N) is 5. The lowest BCUT2D eigenvalue weighted by atomic mass is 9.60. The van der Waals surface area contributed by atoms with Crippen LogP contribution in [0.15, 0.2) is 77.9 Å². The Kier molecular flexibility index (Phi) is 7.47. The third kappa shape index (κ3) is 5.45. The first-order valence-electron chi connectivity index (χ1n) is 15.1. The Hall–Kier alpha value is -3.69. The summed E-state index contributed by atoms with van der Waals surface area (Å²) < 4.78 is 2.12. The molecule has 2 aliphatic carbocycles. The van der Waals surface area contributed by atoms with Gasteiger partial charge in [-0.05, 0) is 80.1 Å². The number of aromatic nitrogens is 3. The maximum atomic E-state index is 13.2. The summed E-state index contributed by atoms with van der Waals surface area (Å²) in [5.41, 5.74) is 4.84. The number of aliphatic carboxylic acids is 1. The van der Waals surface area contributed by atoms with Gasteiger partial charge in [0.2, 0.25) is 0 Å². The van der Waals surface area contributed by atoms with E-state index in [1.807, 2.05) is 54.6 Å². The van der Waals surface area contributed by atoms with E-state index in [1.54, 1.807) is 6.20 Å². The number of Topliss-reactive ketones (excluding diaryl/α,β-unsaturated/α-hetero) is 1. The number of carbonyl (C=O) groups excluding carboxylic acids is 1. The van der Waals surface area contributed by atoms with E-state index in [2.05, 4.69) is 42.5 Å². The first kappa shape index (κ1) is 28.1. The molecule has 8 nitrogen and oxygen atoms in total. The fourth-order valence-electron chi connectivity index (χ4n) is 6.59. The maximum Gasteiger partial charge on any atom is 0.328 e. The first-order valence-corrected chi connectivity index (χ1v) is 16.0. The van der Waals surface area contributed by atoms with Crippen molar-refractivity contribution < 1.29 is 14.7 Å². The minimum absolute atomic E-state index is 0.127. The Labute approximate surface area is 259 Å². The van der Waals surface area contributed by atoms with E-state index in [0.717, 1.165) is 54.3 Å². The van der Waals surface area contributed by atoms with Crippen molar-refractivity contribution >= 4 is 44.6 Å². The minimum Gasteiger partial charge on any atom is -0.480 e. The fourth-order valence-corrected chi connectivity index (χ4v) is 7.59. The summed E-state index contributed by atoms with van der Waals surface area (Å²) in [6.07, 6.45) is 6.77. The first-order chi connectivity index (χ1) is 20.9. The second kappa shape index (κ2) is 11.4. The molecule has 3 aliphatic rings. The van der Waals surface area contributed by atoms with E-state index in [9.17, 15) is 14.7 Å². The van der Waals surface area contributed by atoms with E-state index in [0.29, 0.717) is 24.5 Å². The normalized spacial score (nSPS) is 21.7. The van der Waals surface area contributed by atoms with Crippen molar-refractivity contribution in [3.8, 4) is 5.69 Å². The number of likely N-dealkylation sites (tertiary alicyclic amines) is 1. The quantitative estimate of drug-likeness (QED) is 0.245. The number of halogens is 1. The van der Waals surface area contributed by atoms with Crippen LogP contribution in [0.25, 0.3) is 16.9 Å². The van der Waals surface area contributed by atoms with Gasteiger partial charge in [0.25, 0.3) is 0 Å². The highest BCUT2D eigenvalue weighted by Crippen LogP contribution is 2.47. The summed E-state index contributed by atoms with van der Waals surface area (Å²) in [5.74, 6) is 0.837. The van der Waals surface area contributed by atoms with Gasteiger partial charge in [-0.25, -0.2) is 14.8 Å². The fraction of sp³-hybridized carbons (Fsp3) is 0.382. The second-order valence-electron chi connectivity index (χ2n) is 12.2. The predicted molar refractivity (Wildman–Crippen MR) is 169 cm³/mol. The van der Waals surface area contributed by atoms with E-state index in [-0.39, 0.29) is 12.2 Å². The van der Waals surface area contributed by atoms with Crippen LogP contribution < -0.4 is 0 Å². The highest BCUT2D eigenvalue weighted by molar-refractivity contribution is 9.10. The number of carbonyl (C=O) groups is 2. The molecule has 2 aromatic heterocycles. The second-order valence-corrected chi connectivity index (χ2v) is 13.1. The third-order valence-corrected chi connectivity index (χ3v) is 10.1. The highest BCUT2D eigenvalue weighted by atomic mass is 79.9. The van der Waals surface area contributed by atoms with Gasteiger partial charge in [-0.2, -0.15) is 0 Å². The molecule has 1 spiro atoms. The van der Waals surface area contributed by atoms with Gasteiger partial charge in [0.15, 0.2) is 17.5 Å². The summed E-state index contributed by atoms with van der Waals surface area (Å²) in [5, 5.41) is 10.2. The number of alkyl halides is 1. The van der Waals surface area contributed by atoms with Crippen LogP contribution in [-0.2, 0) is 29.0 Å². The van der Waals surface area contributed by atoms with Crippen molar-refractivity contribution in [1.82, 2.24) is 19.4 Å². The number of aliphatic imine (C=N–C) groups is 1. The number of pyridine rings is 1. The maximum absolute atomic E-state index is 13.2. The smallest absolute Gasteiger partial charge is 0.328 e. The zero-order valence-electron chi connectivity index (χ0n) is 23.9. The van der Waals surface area contributed by atoms with E-state index < -0.39 is 22.3 Å². The van der Waals surface area contributed by atoms with Gasteiger partial charge in [-0.1, -0.05) is 58.4 Å². The zero-order valence-corrected chi connectivity index (χ0v) is 25.5. The van der Waals surface area contributed by atoms with Gasteiger partial charge in [0, 0.05) is 37.0 Å². The number of hydrogen-bond donors (Lipinski definition) is 1. The van der Waals surface area contributed by atoms with Gasteiger partial charge < -0.3 is 5.11 Å². The van der Waals surface area contributed by atoms with Gasteiger partial charge in [-0.15, -0.1) is 0 Å². The summed E-state index contributed by atoms with van der Waals surface area (Å²) >= 11 is 3.51. The Balaban J connectivity index is 1.08. The van der Waals surface area contributed by atoms with Crippen LogP contribution in [0.2, 0.25) is 0 Å². The van der Waals surface area contributed by atoms with Crippen molar-refractivity contribution in [3.05, 3.63) is 89.9 Å². The Morgan fingerprint density at radius 3 is 2.47 bits per heavy atom. The molecular weight excluding hydrogens is 606 g/mol. The predicted octanol–water partition coefficient (Wildman–Crippen LogP) is 5.44. The molecule has 220 valence electrons. The van der Waals surface area contributed by atoms with Crippen LogP contribution in [0.3, 0.4) is 0 Å². The van der Waals surface area contributed by atoms with Crippen LogP contribution in [0.5, 0.6) is 0 Å². The number of carboxylic acids is 1. The number of benzene rings is 2. The number of piperidine rings is 1. The lowest BCUT2D eigenvalue weighted by Crippen LogP contribution is -2.64. The molecule has 1 N–H and O–H groups in total. The third-order valence-electron chi connectivity index (χ3n) is 9.25. The van der Waals surface area contributed by atoms with Crippen molar-refractivity contribution in [2.24, 2.45) is 16.3 Å². The SMILES string of the molecule is O=C(O)[C@H](Cc1ccc(-n2c(CC3CC3)nc3cccnc32)cc1)N=C1C(Br)C(=O)C12CCN(Cc1ccccc1)CC2. The number of ketones is 1. The number of rotatable bonds is 9. The Bertz CT molecular complexity index is 1690. The van der Waals surface area contributed by atoms with Gasteiger partial charge in [0.1, 0.15) is 16.2 Å². The largest absolute Gasteiger partial charge is 0.480 e. The monoisotopic (exact) mass is 639 g/mol. The van der Waals surface area contributed by atoms with Crippen LogP contribution in [0.1, 0.15) is 42.6 Å². The standard InChI is InChI=1S/C34H34BrN5O3/c35-29-30(34(31(29)41)14-17-39(18-15-34)21-24-5-2-1-3-6-24)38-27(33(42)43)19-22-10-12-25(13-11-22)40-28(20-23-8-9-23)37-26-7-4-16-36-32(26)40/h1-7,10-13,16,23,27,29H,8-9,14-15,17-21H2,(H,42,43)/t27-,29?/m0/s1. The molecule has 7 rings (SSSR count). The molecule has 0 amide bonds. The Morgan fingerprint density at radius 2 is 1.77 bits per heavy atom. The number of carboxylic acid groups (broad SMARTS) is 1. The molecule has 43 heavy (non-hydrogen) atoms. The minimum atomic E-state index is -0.983. The van der Waals surface area contributed by atoms with Crippen LogP contribution in [-0.4, -0.2) is 66.0 Å². The molecule has 2 atom stereocenters. The molecule has 1 unspecified atom stereocenters. The van der Waals surface area contributed by atoms with E-state index >= 15 is 0 Å². The Morgan fingerprint density at radius 1 is 1.02 bits per heavy atom. The van der Waals surface area contributed by atoms with E-state index in [1.165, 1.54) is 18.4 Å². The van der Waals surface area contributed by atoms with Crippen molar-refractivity contribution in [2.45, 2.75) is 55.9 Å². The lowest BCUT2D eigenvalue weighted by molar-refractivity contribution is -0.138. The topological polar surface area (TPSA) is 101 Å². The molecule has 4 aromatic rings. The number of imidazole rings is 1. The van der Waals surface area contributed by atoms with Crippen molar-refractivity contribution in [1.29, 1.82) is 0 Å². The average Bonchev–Trinajstić information content (AvgIpc) is 3.78. The van der Waals surface area contributed by atoms with Crippen molar-refractivity contribution in [2.75, 3.05) is 13.1 Å². The molecule has 0 radical (unpaired) electrons. The molecule has 9 heteroatoms. The van der Waals surface area contributed by atoms with Crippen LogP contribution in [0.4, 0.5) is 0 Å². The average molecular weight is 641 g/mol. The summed E-state index contributed by atoms with van der Waals surface area (Å²) in [4.78, 5) is 41.6. The summed E-state index contributed by atoms with van der Waals surface area (Å²) in [7, 11) is 0. The molecule has 2 saturated carbocycles. The van der Waals surface area contributed by atoms with Crippen molar-refractivity contribution in [3.63, 3.8) is 0 Å². The molecule has 2 aromatic carbocycles. The molecule has 0 bridgehead atoms. The number of hydrogen-bond acceptors (Lipinski definition) is 6. The molecule has 1 saturated heterocycles. The lowest BCUT2D eigenvalue weighted by Gasteiger charge is -2.50.